The van der Waals surface area contributed by atoms with Gasteiger partial charge in [-0.2, -0.15) is 9.59 Å². The summed E-state index contributed by atoms with van der Waals surface area (Å²) >= 11 is 0. The molecule has 4 aromatic rings. The second-order valence-corrected chi connectivity index (χ2v) is 38.1. The smallest absolute Gasteiger partial charge is 0.373 e. The molecule has 4 atom stereocenters. The second kappa shape index (κ2) is 77.3. The van der Waals surface area contributed by atoms with E-state index < -0.39 is 0 Å². The Morgan fingerprint density at radius 2 is 0.975 bits per heavy atom. The van der Waals surface area contributed by atoms with E-state index in [0.29, 0.717) is 47.5 Å². The molecule has 4 saturated heterocycles. The number of aliphatic hydroxyl groups is 3. The van der Waals surface area contributed by atoms with Crippen molar-refractivity contribution in [3.05, 3.63) is 132 Å². The van der Waals surface area contributed by atoms with Crippen molar-refractivity contribution in [1.29, 1.82) is 0 Å². The molecule has 0 bridgehead atoms. The average Bonchev–Trinajstić information content (AvgIpc) is 0.878. The minimum Gasteiger partial charge on any atom is -0.465 e. The molecule has 4 unspecified atom stereocenters. The zero-order valence-corrected chi connectivity index (χ0v) is 83.4. The van der Waals surface area contributed by atoms with Gasteiger partial charge in [-0.1, -0.05) is 263 Å². The molecule has 15 heteroatoms. The topological polar surface area (TPSA) is 171 Å². The maximum atomic E-state index is 11.2. The van der Waals surface area contributed by atoms with E-state index in [4.69, 9.17) is 43.9 Å². The van der Waals surface area contributed by atoms with E-state index >= 15 is 0 Å². The van der Waals surface area contributed by atoms with Crippen LogP contribution in [0, 0.1) is 82.3 Å². The molecule has 0 spiro atoms. The molecular weight excluding hydrogens is 1510 g/mol. The van der Waals surface area contributed by atoms with Gasteiger partial charge in [0, 0.05) is 109 Å². The number of rotatable bonds is 35. The van der Waals surface area contributed by atoms with Gasteiger partial charge in [-0.3, -0.25) is 9.80 Å². The second-order valence-electron chi connectivity index (χ2n) is 38.1. The van der Waals surface area contributed by atoms with Crippen LogP contribution in [0.25, 0.3) is 0 Å². The lowest BCUT2D eigenvalue weighted by Crippen LogP contribution is -2.46. The summed E-state index contributed by atoms with van der Waals surface area (Å²) < 4.78 is 25.6. The first-order valence-corrected chi connectivity index (χ1v) is 47.9. The normalized spacial score (nSPS) is 15.5. The van der Waals surface area contributed by atoms with Gasteiger partial charge < -0.3 is 48.8 Å². The Balaban J connectivity index is -0.00000129. The lowest BCUT2D eigenvalue weighted by atomic mass is 9.76. The van der Waals surface area contributed by atoms with Gasteiger partial charge in [-0.15, -0.1) is 0 Å². The van der Waals surface area contributed by atoms with Crippen LogP contribution in [0.5, 0.6) is 0 Å². The van der Waals surface area contributed by atoms with Crippen LogP contribution >= 0.6 is 0 Å². The Morgan fingerprint density at radius 3 is 1.35 bits per heavy atom. The largest absolute Gasteiger partial charge is 0.465 e. The summed E-state index contributed by atoms with van der Waals surface area (Å²) in [4.78, 5) is 37.6. The van der Waals surface area contributed by atoms with E-state index in [2.05, 4.69) is 256 Å². The fraction of sp³-hybridized carbons (Fsp3) is 0.755. The molecule has 4 aromatic carbocycles. The minimum atomic E-state index is -0.268. The van der Waals surface area contributed by atoms with Gasteiger partial charge in [0.2, 0.25) is 0 Å². The third-order valence-electron chi connectivity index (χ3n) is 23.7. The Hall–Kier alpha value is -5.03. The van der Waals surface area contributed by atoms with Crippen molar-refractivity contribution in [2.75, 3.05) is 136 Å². The molecule has 0 saturated carbocycles. The number of para-hydroxylation sites is 2. The van der Waals surface area contributed by atoms with Crippen LogP contribution in [-0.4, -0.2) is 181 Å². The van der Waals surface area contributed by atoms with Crippen LogP contribution in [0.4, 0.5) is 11.4 Å². The van der Waals surface area contributed by atoms with Gasteiger partial charge >= 0.3 is 12.1 Å². The molecule has 4 aliphatic heterocycles. The SMILES string of the molecule is CC(C)C(CO)Cc1ccccc1.CC(C)CC1CCOCC1.CC(C)CCCC1CCN(c2ccccc2)CC1.CC(C)CCCN1CCN(c2ccccc2)CC1.CC(C)N1CCOCC1.CCC(C)C(C)C.CCC(CO)(CO)C(C)C.CCOC(C)CCCC(C)C.COC(=O)c1cccc(CC(C)C)c1.COC(C)CC(C)C.O=C=O. The van der Waals surface area contributed by atoms with Gasteiger partial charge in [0.05, 0.1) is 51.3 Å². The van der Waals surface area contributed by atoms with Crippen LogP contribution in [0.15, 0.2) is 115 Å². The number of piperidine rings is 1. The van der Waals surface area contributed by atoms with Gasteiger partial charge in [-0.25, -0.2) is 4.79 Å². The predicted octanol–water partition coefficient (Wildman–Crippen LogP) is 24.8. The van der Waals surface area contributed by atoms with Crippen LogP contribution in [0.2, 0.25) is 0 Å². The van der Waals surface area contributed by atoms with E-state index in [9.17, 15) is 4.79 Å². The molecule has 4 aliphatic rings. The molecule has 0 aromatic heterocycles. The minimum absolute atomic E-state index is 0.0810. The number of hydrogen-bond donors (Lipinski definition) is 3. The van der Waals surface area contributed by atoms with Crippen molar-refractivity contribution in [3.63, 3.8) is 0 Å². The number of piperazine rings is 1. The monoisotopic (exact) mass is 1700 g/mol. The van der Waals surface area contributed by atoms with E-state index in [-0.39, 0.29) is 37.4 Å². The number of methoxy groups -OCH3 is 2. The lowest BCUT2D eigenvalue weighted by Gasteiger charge is -2.36. The summed E-state index contributed by atoms with van der Waals surface area (Å²) in [6.07, 6.45) is 24.0. The van der Waals surface area contributed by atoms with E-state index in [1.54, 1.807) is 13.2 Å². The van der Waals surface area contributed by atoms with Crippen molar-refractivity contribution >= 4 is 23.5 Å². The third-order valence-corrected chi connectivity index (χ3v) is 23.7. The Morgan fingerprint density at radius 1 is 0.496 bits per heavy atom. The Bertz CT molecular complexity index is 2820. The summed E-state index contributed by atoms with van der Waals surface area (Å²) in [7, 11) is 3.16. The van der Waals surface area contributed by atoms with E-state index in [1.807, 2.05) is 57.2 Å². The first-order valence-electron chi connectivity index (χ1n) is 47.9. The quantitative estimate of drug-likeness (QED) is 0.0371. The summed E-state index contributed by atoms with van der Waals surface area (Å²) in [6, 6.07) is 40.3. The molecule has 3 N–H and O–H groups in total. The number of ether oxygens (including phenoxy) is 5. The zero-order valence-electron chi connectivity index (χ0n) is 83.4. The van der Waals surface area contributed by atoms with Crippen LogP contribution < -0.4 is 9.80 Å². The highest BCUT2D eigenvalue weighted by Gasteiger charge is 2.30. The summed E-state index contributed by atoms with van der Waals surface area (Å²) in [5.74, 6) is 9.47. The van der Waals surface area contributed by atoms with Gasteiger partial charge in [0.15, 0.2) is 0 Å². The number of nitrogens with zero attached hydrogens (tertiary/aromatic N) is 4. The summed E-state index contributed by atoms with van der Waals surface area (Å²) in [6.45, 7) is 73.2. The molecule has 0 aliphatic carbocycles. The summed E-state index contributed by atoms with van der Waals surface area (Å²) in [5.41, 5.74) is 5.64. The van der Waals surface area contributed by atoms with Crippen molar-refractivity contribution in [2.24, 2.45) is 82.3 Å². The fourth-order valence-electron chi connectivity index (χ4n) is 14.6. The van der Waals surface area contributed by atoms with E-state index in [0.717, 1.165) is 125 Å². The molecule has 8 rings (SSSR count). The number of anilines is 2. The van der Waals surface area contributed by atoms with E-state index in [1.165, 1.54) is 165 Å². The number of carbonyl (C=O) groups excluding carboxylic acids is 3. The van der Waals surface area contributed by atoms with Crippen molar-refractivity contribution < 1.29 is 53.4 Å². The molecule has 0 amide bonds. The zero-order chi connectivity index (χ0) is 91.9. The molecule has 4 heterocycles. The maximum Gasteiger partial charge on any atom is 0.373 e. The predicted molar refractivity (Wildman–Crippen MR) is 518 cm³/mol. The highest BCUT2D eigenvalue weighted by molar-refractivity contribution is 5.89. The Kier molecular flexibility index (Phi) is 76.8. The highest BCUT2D eigenvalue weighted by atomic mass is 16.5. The van der Waals surface area contributed by atoms with Crippen molar-refractivity contribution in [1.82, 2.24) is 9.80 Å². The molecular formula is C106H192N4O11. The van der Waals surface area contributed by atoms with Crippen molar-refractivity contribution in [3.8, 4) is 0 Å². The first kappa shape index (κ1) is 120. The first-order chi connectivity index (χ1) is 57.5. The molecule has 0 radical (unpaired) electrons. The van der Waals surface area contributed by atoms with Crippen LogP contribution in [-0.2, 0) is 46.1 Å². The number of aliphatic hydroxyl groups excluding tert-OH is 3. The highest BCUT2D eigenvalue weighted by Crippen LogP contribution is 2.31. The fourth-order valence-corrected chi connectivity index (χ4v) is 14.6. The number of carbonyl (C=O) groups is 1. The van der Waals surface area contributed by atoms with Gasteiger partial charge in [-0.05, 0) is 243 Å². The molecule has 4 fully saturated rings. The lowest BCUT2D eigenvalue weighted by molar-refractivity contribution is -0.191. The number of benzene rings is 4. The molecule has 702 valence electrons. The number of hydrogen-bond acceptors (Lipinski definition) is 15. The Labute approximate surface area is 746 Å². The standard InChI is InChI=1S/C17H27N.C16H26N2.C12H16O2.C12H18O.C10H22O.C9H18O.C8H18O2.C7H15NO.C7H16O.C7H16.CO2/c1-15(2)7-6-8-16-11-13-18(14-12-16)17-9-4-3-5-10-17;1-15(2)7-6-10-17-11-13-18(14-12-17)16-8-4-3-5-9-16;1-9(2)7-10-5-4-6-11(8-10)12(13)14-3;1-10(2)12(9-13)8-11-6-4-3-5-7-11;1-5-11-10(4)8-6-7-9(2)3;1-8(2)7-9-3-5-10-6-4-9;1-4-8(5-9,6-10)7(2)3;1-7(2)8-3-5-9-6-4-8;1-6(2)5-7(3)8-4;1-5-7(4)6(2)3;2-1-3/h3-5,9-10,15-16H,6-8,11-14H2,1-2H3;3-5,8-9,15H,6-7,10-14H2,1-2H3;4-6,8-9H,7H2,1-3H3;3-7,10,12-13H,8-9H2,1-2H3;9-10H,5-8H2,1-4H3;8-9H,3-7H2,1-2H3;7,9-10H,4-6H2,1-3H3;7H,3-6H2,1-2H3;6-7H,5H2,1-4H3;6-7H,5H2,1-4H3;. The average molecular weight is 1700 g/mol. The van der Waals surface area contributed by atoms with Gasteiger partial charge in [0.1, 0.15) is 0 Å². The summed E-state index contributed by atoms with van der Waals surface area (Å²) in [5, 5.41) is 27.1. The molecule has 15 nitrogen and oxygen atoms in total. The van der Waals surface area contributed by atoms with Crippen LogP contribution in [0.1, 0.15) is 304 Å². The third kappa shape index (κ3) is 66.1. The number of morpholine rings is 1. The maximum absolute atomic E-state index is 11.2. The number of esters is 1. The van der Waals surface area contributed by atoms with Crippen molar-refractivity contribution in [2.45, 2.75) is 314 Å². The van der Waals surface area contributed by atoms with Gasteiger partial charge in [0.25, 0.3) is 0 Å². The van der Waals surface area contributed by atoms with Crippen LogP contribution in [0.3, 0.4) is 0 Å². The molecule has 121 heavy (non-hydrogen) atoms.